The number of carbonyl (C=O) groups is 3. The summed E-state index contributed by atoms with van der Waals surface area (Å²) >= 11 is 7.26. The van der Waals surface area contributed by atoms with Crippen LogP contribution in [0.25, 0.3) is 10.4 Å². The molecule has 0 saturated carbocycles. The van der Waals surface area contributed by atoms with Gasteiger partial charge in [0, 0.05) is 28.6 Å². The van der Waals surface area contributed by atoms with E-state index in [-0.39, 0.29) is 17.2 Å². The van der Waals surface area contributed by atoms with Crippen molar-refractivity contribution < 1.29 is 19.5 Å². The Morgan fingerprint density at radius 3 is 2.33 bits per heavy atom. The minimum Gasteiger partial charge on any atom is -0.478 e. The molecule has 4 aromatic rings. The Morgan fingerprint density at radius 2 is 1.64 bits per heavy atom. The van der Waals surface area contributed by atoms with Crippen LogP contribution in [0.1, 0.15) is 48.8 Å². The van der Waals surface area contributed by atoms with Gasteiger partial charge in [-0.2, -0.15) is 0 Å². The fourth-order valence-corrected chi connectivity index (χ4v) is 5.88. The van der Waals surface area contributed by atoms with E-state index in [1.165, 1.54) is 29.0 Å². The Morgan fingerprint density at radius 1 is 0.923 bits per heavy atom. The summed E-state index contributed by atoms with van der Waals surface area (Å²) in [6.45, 7) is 1.26. The molecule has 8 heteroatoms. The second kappa shape index (κ2) is 11.8. The van der Waals surface area contributed by atoms with Crippen LogP contribution in [0, 0.1) is 5.92 Å². The van der Waals surface area contributed by atoms with Crippen LogP contribution < -0.4 is 5.32 Å². The van der Waals surface area contributed by atoms with E-state index in [4.69, 9.17) is 11.6 Å². The third-order valence-electron chi connectivity index (χ3n) is 6.97. The van der Waals surface area contributed by atoms with Crippen molar-refractivity contribution in [3.8, 4) is 10.4 Å². The van der Waals surface area contributed by atoms with Crippen molar-refractivity contribution in [1.29, 1.82) is 0 Å². The lowest BCUT2D eigenvalue weighted by atomic mass is 9.90. The van der Waals surface area contributed by atoms with Gasteiger partial charge in [0.25, 0.3) is 11.8 Å². The summed E-state index contributed by atoms with van der Waals surface area (Å²) in [4.78, 5) is 41.3. The number of halogens is 1. The van der Waals surface area contributed by atoms with Crippen LogP contribution in [0.3, 0.4) is 0 Å². The van der Waals surface area contributed by atoms with Gasteiger partial charge in [-0.25, -0.2) is 4.79 Å². The number of amides is 2. The average Bonchev–Trinajstić information content (AvgIpc) is 3.45. The predicted octanol–water partition coefficient (Wildman–Crippen LogP) is 7.11. The van der Waals surface area contributed by atoms with E-state index < -0.39 is 11.9 Å². The molecule has 2 heterocycles. The first-order valence-corrected chi connectivity index (χ1v) is 13.9. The molecule has 0 bridgehead atoms. The Labute approximate surface area is 235 Å². The number of carbonyl (C=O) groups excluding carboxylic acids is 2. The van der Waals surface area contributed by atoms with E-state index in [1.54, 1.807) is 29.2 Å². The highest BCUT2D eigenvalue weighted by molar-refractivity contribution is 7.17. The Bertz CT molecular complexity index is 1490. The molecule has 0 spiro atoms. The third kappa shape index (κ3) is 6.38. The second-order valence-corrected chi connectivity index (χ2v) is 11.1. The largest absolute Gasteiger partial charge is 0.478 e. The van der Waals surface area contributed by atoms with Crippen molar-refractivity contribution in [3.63, 3.8) is 0 Å². The number of anilines is 1. The van der Waals surface area contributed by atoms with E-state index in [9.17, 15) is 19.5 Å². The zero-order valence-corrected chi connectivity index (χ0v) is 22.7. The van der Waals surface area contributed by atoms with Gasteiger partial charge in [-0.1, -0.05) is 54.1 Å². The highest BCUT2D eigenvalue weighted by Gasteiger charge is 2.25. The average molecular weight is 559 g/mol. The van der Waals surface area contributed by atoms with Gasteiger partial charge in [-0.3, -0.25) is 9.59 Å². The SMILES string of the molecule is O=C(Nc1ccc(C(=O)N2CCC(Cc3ccccc3)CC2)cc1C(=O)O)c1ccc(-c2ccc(Cl)cc2)s1. The number of nitrogens with one attached hydrogen (secondary N) is 1. The minimum absolute atomic E-state index is 0.123. The molecular weight excluding hydrogens is 532 g/mol. The quantitative estimate of drug-likeness (QED) is 0.253. The van der Waals surface area contributed by atoms with Crippen LogP contribution >= 0.6 is 22.9 Å². The molecule has 1 saturated heterocycles. The molecule has 0 unspecified atom stereocenters. The monoisotopic (exact) mass is 558 g/mol. The van der Waals surface area contributed by atoms with E-state index in [2.05, 4.69) is 17.4 Å². The zero-order valence-electron chi connectivity index (χ0n) is 21.1. The van der Waals surface area contributed by atoms with Crippen molar-refractivity contribution in [2.75, 3.05) is 18.4 Å². The highest BCUT2D eigenvalue weighted by Crippen LogP contribution is 2.30. The number of nitrogens with zero attached hydrogens (tertiary/aromatic N) is 1. The third-order valence-corrected chi connectivity index (χ3v) is 8.36. The number of likely N-dealkylation sites (tertiary alicyclic amines) is 1. The molecule has 3 aromatic carbocycles. The van der Waals surface area contributed by atoms with Crippen molar-refractivity contribution >= 4 is 46.4 Å². The van der Waals surface area contributed by atoms with Crippen LogP contribution in [-0.4, -0.2) is 40.9 Å². The molecule has 6 nitrogen and oxygen atoms in total. The molecule has 5 rings (SSSR count). The van der Waals surface area contributed by atoms with Gasteiger partial charge in [0.05, 0.1) is 16.1 Å². The van der Waals surface area contributed by atoms with E-state index in [0.29, 0.717) is 34.5 Å². The minimum atomic E-state index is -1.21. The fraction of sp³-hybridized carbons (Fsp3) is 0.194. The Kier molecular flexibility index (Phi) is 8.10. The van der Waals surface area contributed by atoms with Crippen LogP contribution in [0.4, 0.5) is 5.69 Å². The molecule has 0 aliphatic carbocycles. The number of carboxylic acid groups (broad SMARTS) is 1. The first-order valence-electron chi connectivity index (χ1n) is 12.7. The Balaban J connectivity index is 1.24. The summed E-state index contributed by atoms with van der Waals surface area (Å²) in [5, 5.41) is 13.2. The number of piperidine rings is 1. The fourth-order valence-electron chi connectivity index (χ4n) is 4.85. The number of rotatable bonds is 7. The molecule has 1 aromatic heterocycles. The maximum absolute atomic E-state index is 13.2. The molecule has 39 heavy (non-hydrogen) atoms. The number of hydrogen-bond donors (Lipinski definition) is 2. The van der Waals surface area contributed by atoms with Crippen molar-refractivity contribution in [2.45, 2.75) is 19.3 Å². The topological polar surface area (TPSA) is 86.7 Å². The predicted molar refractivity (Wildman–Crippen MR) is 155 cm³/mol. The van der Waals surface area contributed by atoms with Gasteiger partial charge in [0.2, 0.25) is 0 Å². The van der Waals surface area contributed by atoms with E-state index in [1.807, 2.05) is 36.4 Å². The van der Waals surface area contributed by atoms with Gasteiger partial charge >= 0.3 is 5.97 Å². The molecule has 1 fully saturated rings. The summed E-state index contributed by atoms with van der Waals surface area (Å²) in [5.41, 5.74) is 2.55. The lowest BCUT2D eigenvalue weighted by molar-refractivity contribution is 0.0690. The summed E-state index contributed by atoms with van der Waals surface area (Å²) in [6, 6.07) is 25.6. The first-order chi connectivity index (χ1) is 18.9. The van der Waals surface area contributed by atoms with Crippen LogP contribution in [0.2, 0.25) is 5.02 Å². The summed E-state index contributed by atoms with van der Waals surface area (Å²) in [6.07, 6.45) is 2.80. The molecule has 2 N–H and O–H groups in total. The number of hydrogen-bond acceptors (Lipinski definition) is 4. The number of benzene rings is 3. The summed E-state index contributed by atoms with van der Waals surface area (Å²) in [5.74, 6) is -1.31. The zero-order chi connectivity index (χ0) is 27.4. The van der Waals surface area contributed by atoms with Crippen molar-refractivity contribution in [1.82, 2.24) is 4.90 Å². The van der Waals surface area contributed by atoms with Gasteiger partial charge in [0.15, 0.2) is 0 Å². The van der Waals surface area contributed by atoms with Crippen LogP contribution in [0.15, 0.2) is 84.9 Å². The standard InChI is InChI=1S/C31H27ClN2O4S/c32-24-9-6-22(7-10-24)27-12-13-28(39-27)29(35)33-26-11-8-23(19-25(26)31(37)38)30(36)34-16-14-21(15-17-34)18-20-4-2-1-3-5-20/h1-13,19,21H,14-18H2,(H,33,35)(H,37,38). The normalized spacial score (nSPS) is 13.7. The van der Waals surface area contributed by atoms with Gasteiger partial charge < -0.3 is 15.3 Å². The van der Waals surface area contributed by atoms with Crippen LogP contribution in [0.5, 0.6) is 0 Å². The van der Waals surface area contributed by atoms with E-state index >= 15 is 0 Å². The first kappa shape index (κ1) is 26.7. The maximum atomic E-state index is 13.2. The lowest BCUT2D eigenvalue weighted by Gasteiger charge is -2.32. The lowest BCUT2D eigenvalue weighted by Crippen LogP contribution is -2.39. The van der Waals surface area contributed by atoms with Crippen molar-refractivity contribution in [3.05, 3.63) is 112 Å². The highest BCUT2D eigenvalue weighted by atomic mass is 35.5. The molecule has 0 atom stereocenters. The molecule has 198 valence electrons. The number of carboxylic acids is 1. The molecule has 1 aliphatic rings. The number of thiophene rings is 1. The molecule has 1 aliphatic heterocycles. The van der Waals surface area contributed by atoms with Gasteiger partial charge in [-0.05, 0) is 78.8 Å². The molecule has 0 radical (unpaired) electrons. The number of aromatic carboxylic acids is 1. The van der Waals surface area contributed by atoms with Crippen LogP contribution in [-0.2, 0) is 6.42 Å². The maximum Gasteiger partial charge on any atom is 0.337 e. The van der Waals surface area contributed by atoms with Gasteiger partial charge in [0.1, 0.15) is 0 Å². The second-order valence-electron chi connectivity index (χ2n) is 9.62. The Hall–Kier alpha value is -3.94. The smallest absolute Gasteiger partial charge is 0.337 e. The molecular formula is C31H27ClN2O4S. The molecule has 2 amide bonds. The van der Waals surface area contributed by atoms with E-state index in [0.717, 1.165) is 29.7 Å². The van der Waals surface area contributed by atoms with Crippen molar-refractivity contribution in [2.24, 2.45) is 5.92 Å². The summed E-state index contributed by atoms with van der Waals surface area (Å²) in [7, 11) is 0. The summed E-state index contributed by atoms with van der Waals surface area (Å²) < 4.78 is 0. The van der Waals surface area contributed by atoms with Gasteiger partial charge in [-0.15, -0.1) is 11.3 Å².